The molecule has 0 saturated carbocycles. The van der Waals surface area contributed by atoms with Gasteiger partial charge in [-0.05, 0) is 55.0 Å². The molecule has 0 saturated heterocycles. The molecule has 0 spiro atoms. The molecule has 0 aliphatic heterocycles. The van der Waals surface area contributed by atoms with E-state index in [1.165, 1.54) is 13.4 Å². The largest absolute Gasteiger partial charge is 0.493 e. The van der Waals surface area contributed by atoms with E-state index in [9.17, 15) is 9.59 Å². The van der Waals surface area contributed by atoms with E-state index in [1.54, 1.807) is 48.5 Å². The third-order valence-corrected chi connectivity index (χ3v) is 3.93. The third-order valence-electron chi connectivity index (χ3n) is 3.93. The monoisotopic (exact) mass is 380 g/mol. The van der Waals surface area contributed by atoms with E-state index in [1.807, 2.05) is 13.0 Å². The number of benzene rings is 2. The smallest absolute Gasteiger partial charge is 0.291 e. The molecule has 7 nitrogen and oxygen atoms in total. The highest BCUT2D eigenvalue weighted by molar-refractivity contribution is 6.03. The first-order valence-corrected chi connectivity index (χ1v) is 8.58. The van der Waals surface area contributed by atoms with Crippen molar-refractivity contribution in [1.82, 2.24) is 0 Å². The van der Waals surface area contributed by atoms with E-state index < -0.39 is 0 Å². The zero-order valence-corrected chi connectivity index (χ0v) is 15.5. The molecule has 2 aromatic carbocycles. The predicted octanol–water partition coefficient (Wildman–Crippen LogP) is 3.87. The van der Waals surface area contributed by atoms with Gasteiger partial charge >= 0.3 is 0 Å². The third kappa shape index (κ3) is 4.70. The van der Waals surface area contributed by atoms with Crippen molar-refractivity contribution in [3.8, 4) is 11.5 Å². The van der Waals surface area contributed by atoms with Crippen LogP contribution in [0.3, 0.4) is 0 Å². The van der Waals surface area contributed by atoms with Crippen molar-refractivity contribution in [2.24, 2.45) is 0 Å². The summed E-state index contributed by atoms with van der Waals surface area (Å²) in [4.78, 5) is 24.2. The highest BCUT2D eigenvalue weighted by Crippen LogP contribution is 2.26. The number of hydrogen-bond acceptors (Lipinski definition) is 5. The van der Waals surface area contributed by atoms with E-state index in [4.69, 9.17) is 13.9 Å². The minimum atomic E-state index is -0.338. The Kier molecular flexibility index (Phi) is 5.96. The molecule has 7 heteroatoms. The van der Waals surface area contributed by atoms with Gasteiger partial charge in [-0.2, -0.15) is 0 Å². The van der Waals surface area contributed by atoms with Crippen molar-refractivity contribution in [3.05, 3.63) is 72.2 Å². The Bertz CT molecular complexity index is 967. The molecule has 0 unspecified atom stereocenters. The molecule has 3 aromatic rings. The molecular weight excluding hydrogens is 360 g/mol. The summed E-state index contributed by atoms with van der Waals surface area (Å²) in [5.41, 5.74) is 2.02. The molecule has 0 aliphatic rings. The lowest BCUT2D eigenvalue weighted by Gasteiger charge is -2.12. The second-order valence-corrected chi connectivity index (χ2v) is 5.95. The highest BCUT2D eigenvalue weighted by Gasteiger charge is 2.12. The summed E-state index contributed by atoms with van der Waals surface area (Å²) < 4.78 is 15.8. The van der Waals surface area contributed by atoms with Gasteiger partial charge in [0.05, 0.1) is 13.4 Å². The Labute approximate surface area is 162 Å². The van der Waals surface area contributed by atoms with Gasteiger partial charge in [0.1, 0.15) is 0 Å². The maximum atomic E-state index is 12.2. The first kappa shape index (κ1) is 19.0. The quantitative estimate of drug-likeness (QED) is 0.649. The fourth-order valence-corrected chi connectivity index (χ4v) is 2.55. The predicted molar refractivity (Wildman–Crippen MR) is 105 cm³/mol. The van der Waals surface area contributed by atoms with Crippen LogP contribution in [-0.4, -0.2) is 25.5 Å². The first-order chi connectivity index (χ1) is 13.6. The second kappa shape index (κ2) is 8.77. The normalized spacial score (nSPS) is 10.2. The standard InChI is InChI=1S/C21H20N2O5/c1-14-12-15(9-10-16(14)23-21(25)19-8-5-11-27-19)22-20(24)13-28-18-7-4-3-6-17(18)26-2/h3-12H,13H2,1-2H3,(H,22,24)(H,23,25). The molecule has 2 N–H and O–H groups in total. The molecule has 1 aromatic heterocycles. The molecule has 0 atom stereocenters. The molecule has 2 amide bonds. The number of ether oxygens (including phenoxy) is 2. The number of furan rings is 1. The number of amides is 2. The summed E-state index contributed by atoms with van der Waals surface area (Å²) in [6.07, 6.45) is 1.44. The molecule has 0 fully saturated rings. The lowest BCUT2D eigenvalue weighted by atomic mass is 10.1. The van der Waals surface area contributed by atoms with Crippen molar-refractivity contribution in [2.75, 3.05) is 24.4 Å². The van der Waals surface area contributed by atoms with Gasteiger partial charge in [-0.3, -0.25) is 9.59 Å². The summed E-state index contributed by atoms with van der Waals surface area (Å²) >= 11 is 0. The van der Waals surface area contributed by atoms with Gasteiger partial charge in [0.15, 0.2) is 23.9 Å². The van der Waals surface area contributed by atoms with Gasteiger partial charge in [-0.15, -0.1) is 0 Å². The maximum Gasteiger partial charge on any atom is 0.291 e. The number of aryl methyl sites for hydroxylation is 1. The van der Waals surface area contributed by atoms with Gasteiger partial charge in [0, 0.05) is 11.4 Å². The van der Waals surface area contributed by atoms with Crippen LogP contribution >= 0.6 is 0 Å². The number of methoxy groups -OCH3 is 1. The van der Waals surface area contributed by atoms with Crippen LogP contribution in [0.4, 0.5) is 11.4 Å². The van der Waals surface area contributed by atoms with E-state index in [-0.39, 0.29) is 24.2 Å². The number of para-hydroxylation sites is 2. The fourth-order valence-electron chi connectivity index (χ4n) is 2.55. The Morgan fingerprint density at radius 1 is 1.00 bits per heavy atom. The fraction of sp³-hybridized carbons (Fsp3) is 0.143. The van der Waals surface area contributed by atoms with Gasteiger partial charge in [0.25, 0.3) is 11.8 Å². The Morgan fingerprint density at radius 2 is 1.79 bits per heavy atom. The average molecular weight is 380 g/mol. The Balaban J connectivity index is 1.57. The topological polar surface area (TPSA) is 89.8 Å². The van der Waals surface area contributed by atoms with Crippen molar-refractivity contribution in [3.63, 3.8) is 0 Å². The van der Waals surface area contributed by atoms with Gasteiger partial charge < -0.3 is 24.5 Å². The molecule has 3 rings (SSSR count). The van der Waals surface area contributed by atoms with Crippen LogP contribution in [0.2, 0.25) is 0 Å². The number of anilines is 2. The summed E-state index contributed by atoms with van der Waals surface area (Å²) in [6, 6.07) is 15.5. The zero-order chi connectivity index (χ0) is 19.9. The van der Waals surface area contributed by atoms with E-state index in [0.29, 0.717) is 22.9 Å². The number of carbonyl (C=O) groups excluding carboxylic acids is 2. The zero-order valence-electron chi connectivity index (χ0n) is 15.5. The summed E-state index contributed by atoms with van der Waals surface area (Å²) in [5.74, 6) is 0.633. The van der Waals surface area contributed by atoms with Crippen LogP contribution in [0.5, 0.6) is 11.5 Å². The Hall–Kier alpha value is -3.74. The molecule has 144 valence electrons. The van der Waals surface area contributed by atoms with Crippen LogP contribution < -0.4 is 20.1 Å². The number of rotatable bonds is 7. The number of carbonyl (C=O) groups is 2. The van der Waals surface area contributed by atoms with Crippen molar-refractivity contribution >= 4 is 23.2 Å². The minimum absolute atomic E-state index is 0.156. The minimum Gasteiger partial charge on any atom is -0.493 e. The van der Waals surface area contributed by atoms with Crippen LogP contribution in [0.1, 0.15) is 16.1 Å². The average Bonchev–Trinajstić information content (AvgIpc) is 3.23. The number of nitrogens with one attached hydrogen (secondary N) is 2. The molecule has 1 heterocycles. The molecular formula is C21H20N2O5. The van der Waals surface area contributed by atoms with Gasteiger partial charge in [-0.25, -0.2) is 0 Å². The van der Waals surface area contributed by atoms with E-state index in [0.717, 1.165) is 5.56 Å². The lowest BCUT2D eigenvalue weighted by Crippen LogP contribution is -2.20. The highest BCUT2D eigenvalue weighted by atomic mass is 16.5. The van der Waals surface area contributed by atoms with Crippen molar-refractivity contribution in [1.29, 1.82) is 0 Å². The Morgan fingerprint density at radius 3 is 2.46 bits per heavy atom. The van der Waals surface area contributed by atoms with E-state index in [2.05, 4.69) is 10.6 Å². The summed E-state index contributed by atoms with van der Waals surface area (Å²) in [7, 11) is 1.54. The maximum absolute atomic E-state index is 12.2. The molecule has 0 radical (unpaired) electrons. The van der Waals surface area contributed by atoms with E-state index >= 15 is 0 Å². The summed E-state index contributed by atoms with van der Waals surface area (Å²) in [5, 5.41) is 5.53. The van der Waals surface area contributed by atoms with Crippen LogP contribution in [0.25, 0.3) is 0 Å². The second-order valence-electron chi connectivity index (χ2n) is 5.95. The van der Waals surface area contributed by atoms with Crippen molar-refractivity contribution < 1.29 is 23.5 Å². The SMILES string of the molecule is COc1ccccc1OCC(=O)Nc1ccc(NC(=O)c2ccco2)c(C)c1. The number of hydrogen-bond donors (Lipinski definition) is 2. The van der Waals surface area contributed by atoms with Crippen LogP contribution in [0.15, 0.2) is 65.3 Å². The van der Waals surface area contributed by atoms with Crippen LogP contribution in [-0.2, 0) is 4.79 Å². The molecule has 0 bridgehead atoms. The van der Waals surface area contributed by atoms with Crippen LogP contribution in [0, 0.1) is 6.92 Å². The first-order valence-electron chi connectivity index (χ1n) is 8.58. The van der Waals surface area contributed by atoms with Gasteiger partial charge in [0.2, 0.25) is 0 Å². The molecule has 0 aliphatic carbocycles. The molecule has 28 heavy (non-hydrogen) atoms. The van der Waals surface area contributed by atoms with Gasteiger partial charge in [-0.1, -0.05) is 12.1 Å². The van der Waals surface area contributed by atoms with Crippen molar-refractivity contribution in [2.45, 2.75) is 6.92 Å². The lowest BCUT2D eigenvalue weighted by molar-refractivity contribution is -0.118. The summed E-state index contributed by atoms with van der Waals surface area (Å²) in [6.45, 7) is 1.68.